The van der Waals surface area contributed by atoms with Crippen molar-refractivity contribution in [1.29, 1.82) is 0 Å². The highest BCUT2D eigenvalue weighted by Gasteiger charge is 2.03. The molecule has 1 amide bonds. The van der Waals surface area contributed by atoms with Crippen molar-refractivity contribution in [2.75, 3.05) is 13.2 Å². The second-order valence-corrected chi connectivity index (χ2v) is 5.17. The molecule has 2 rings (SSSR count). The van der Waals surface area contributed by atoms with E-state index >= 15 is 0 Å². The standard InChI is InChI=1S/C18H21NO3/c1-14-2-4-16(5-3-14)13-22-17-8-6-15(7-9-17)12-18(21)19-10-11-20/h2-9,20H,10-13H2,1H3,(H,19,21). The zero-order valence-electron chi connectivity index (χ0n) is 12.7. The number of benzene rings is 2. The van der Waals surface area contributed by atoms with Crippen molar-refractivity contribution in [3.05, 3.63) is 65.2 Å². The molecule has 0 heterocycles. The Labute approximate surface area is 130 Å². The van der Waals surface area contributed by atoms with Crippen LogP contribution < -0.4 is 10.1 Å². The fourth-order valence-corrected chi connectivity index (χ4v) is 2.00. The van der Waals surface area contributed by atoms with Gasteiger partial charge < -0.3 is 15.2 Å². The van der Waals surface area contributed by atoms with Gasteiger partial charge in [-0.1, -0.05) is 42.0 Å². The Kier molecular flexibility index (Phi) is 5.98. The van der Waals surface area contributed by atoms with Crippen LogP contribution in [0.5, 0.6) is 5.75 Å². The Morgan fingerprint density at radius 1 is 1.05 bits per heavy atom. The van der Waals surface area contributed by atoms with E-state index in [1.165, 1.54) is 5.56 Å². The molecule has 4 nitrogen and oxygen atoms in total. The molecule has 0 saturated heterocycles. The van der Waals surface area contributed by atoms with Gasteiger partial charge in [0.1, 0.15) is 12.4 Å². The van der Waals surface area contributed by atoms with E-state index in [-0.39, 0.29) is 19.1 Å². The second kappa shape index (κ2) is 8.20. The molecule has 0 aliphatic rings. The summed E-state index contributed by atoms with van der Waals surface area (Å²) in [6.45, 7) is 2.82. The number of aryl methyl sites for hydroxylation is 1. The lowest BCUT2D eigenvalue weighted by molar-refractivity contribution is -0.120. The van der Waals surface area contributed by atoms with Crippen molar-refractivity contribution in [3.63, 3.8) is 0 Å². The fourth-order valence-electron chi connectivity index (χ4n) is 2.00. The molecule has 0 radical (unpaired) electrons. The van der Waals surface area contributed by atoms with E-state index in [1.807, 2.05) is 24.3 Å². The van der Waals surface area contributed by atoms with Crippen molar-refractivity contribution in [1.82, 2.24) is 5.32 Å². The van der Waals surface area contributed by atoms with Crippen LogP contribution >= 0.6 is 0 Å². The lowest BCUT2D eigenvalue weighted by Gasteiger charge is -2.08. The number of aliphatic hydroxyl groups excluding tert-OH is 1. The number of carbonyl (C=O) groups excluding carboxylic acids is 1. The van der Waals surface area contributed by atoms with Crippen LogP contribution in [0.2, 0.25) is 0 Å². The molecule has 0 bridgehead atoms. The maximum atomic E-state index is 11.5. The van der Waals surface area contributed by atoms with Crippen LogP contribution in [-0.2, 0) is 17.8 Å². The second-order valence-electron chi connectivity index (χ2n) is 5.17. The molecule has 4 heteroatoms. The van der Waals surface area contributed by atoms with Gasteiger partial charge in [-0.15, -0.1) is 0 Å². The van der Waals surface area contributed by atoms with E-state index in [0.29, 0.717) is 13.0 Å². The first-order valence-corrected chi connectivity index (χ1v) is 7.32. The number of ether oxygens (including phenoxy) is 1. The SMILES string of the molecule is Cc1ccc(COc2ccc(CC(=O)NCCO)cc2)cc1. The number of carbonyl (C=O) groups is 1. The zero-order valence-corrected chi connectivity index (χ0v) is 12.7. The summed E-state index contributed by atoms with van der Waals surface area (Å²) in [5.74, 6) is 0.683. The van der Waals surface area contributed by atoms with E-state index in [9.17, 15) is 4.79 Å². The van der Waals surface area contributed by atoms with Crippen LogP contribution in [-0.4, -0.2) is 24.2 Å². The van der Waals surface area contributed by atoms with Crippen molar-refractivity contribution in [2.24, 2.45) is 0 Å². The van der Waals surface area contributed by atoms with Gasteiger partial charge in [-0.3, -0.25) is 4.79 Å². The minimum absolute atomic E-state index is 0.0441. The summed E-state index contributed by atoms with van der Waals surface area (Å²) in [6.07, 6.45) is 0.304. The molecule has 116 valence electrons. The van der Waals surface area contributed by atoms with Gasteiger partial charge in [0, 0.05) is 6.54 Å². The Morgan fingerprint density at radius 3 is 2.32 bits per heavy atom. The summed E-state index contributed by atoms with van der Waals surface area (Å²) in [5.41, 5.74) is 3.27. The highest BCUT2D eigenvalue weighted by molar-refractivity contribution is 5.78. The highest BCUT2D eigenvalue weighted by atomic mass is 16.5. The van der Waals surface area contributed by atoms with Crippen LogP contribution in [0.4, 0.5) is 0 Å². The van der Waals surface area contributed by atoms with Crippen LogP contribution in [0.3, 0.4) is 0 Å². The van der Waals surface area contributed by atoms with Crippen molar-refractivity contribution < 1.29 is 14.6 Å². The summed E-state index contributed by atoms with van der Waals surface area (Å²) in [6, 6.07) is 15.7. The summed E-state index contributed by atoms with van der Waals surface area (Å²) in [5, 5.41) is 11.3. The number of hydrogen-bond donors (Lipinski definition) is 2. The molecule has 2 N–H and O–H groups in total. The lowest BCUT2D eigenvalue weighted by Crippen LogP contribution is -2.27. The molecule has 22 heavy (non-hydrogen) atoms. The van der Waals surface area contributed by atoms with Gasteiger partial charge in [0.25, 0.3) is 0 Å². The molecule has 0 aliphatic heterocycles. The molecular formula is C18H21NO3. The molecular weight excluding hydrogens is 278 g/mol. The predicted molar refractivity (Wildman–Crippen MR) is 85.8 cm³/mol. The lowest BCUT2D eigenvalue weighted by atomic mass is 10.1. The van der Waals surface area contributed by atoms with Crippen molar-refractivity contribution >= 4 is 5.91 Å². The normalized spacial score (nSPS) is 10.3. The molecule has 0 unspecified atom stereocenters. The highest BCUT2D eigenvalue weighted by Crippen LogP contribution is 2.15. The summed E-state index contributed by atoms with van der Waals surface area (Å²) in [7, 11) is 0. The smallest absolute Gasteiger partial charge is 0.224 e. The topological polar surface area (TPSA) is 58.6 Å². The third-order valence-electron chi connectivity index (χ3n) is 3.25. The molecule has 2 aromatic rings. The Bertz CT molecular complexity index is 591. The fraction of sp³-hybridized carbons (Fsp3) is 0.278. The first kappa shape index (κ1) is 16.0. The quantitative estimate of drug-likeness (QED) is 0.824. The molecule has 2 aromatic carbocycles. The number of aliphatic hydroxyl groups is 1. The van der Waals surface area contributed by atoms with E-state index in [2.05, 4.69) is 36.5 Å². The Morgan fingerprint density at radius 2 is 1.68 bits per heavy atom. The predicted octanol–water partition coefficient (Wildman–Crippen LogP) is 2.23. The third-order valence-corrected chi connectivity index (χ3v) is 3.25. The number of nitrogens with one attached hydrogen (secondary N) is 1. The van der Waals surface area contributed by atoms with Crippen LogP contribution in [0, 0.1) is 6.92 Å². The maximum Gasteiger partial charge on any atom is 0.224 e. The van der Waals surface area contributed by atoms with Gasteiger partial charge in [0.15, 0.2) is 0 Å². The number of rotatable bonds is 7. The Hall–Kier alpha value is -2.33. The largest absolute Gasteiger partial charge is 0.489 e. The first-order valence-electron chi connectivity index (χ1n) is 7.32. The molecule has 0 aliphatic carbocycles. The molecule has 0 spiro atoms. The number of amides is 1. The van der Waals surface area contributed by atoms with Gasteiger partial charge >= 0.3 is 0 Å². The van der Waals surface area contributed by atoms with Crippen molar-refractivity contribution in [3.8, 4) is 5.75 Å². The minimum atomic E-state index is -0.0950. The third kappa shape index (κ3) is 5.22. The monoisotopic (exact) mass is 299 g/mol. The van der Waals surface area contributed by atoms with Crippen LogP contribution in [0.1, 0.15) is 16.7 Å². The van der Waals surface area contributed by atoms with E-state index in [0.717, 1.165) is 16.9 Å². The minimum Gasteiger partial charge on any atom is -0.489 e. The van der Waals surface area contributed by atoms with Crippen molar-refractivity contribution in [2.45, 2.75) is 20.0 Å². The van der Waals surface area contributed by atoms with Gasteiger partial charge in [-0.05, 0) is 30.2 Å². The van der Waals surface area contributed by atoms with Crippen LogP contribution in [0.15, 0.2) is 48.5 Å². The van der Waals surface area contributed by atoms with Crippen LogP contribution in [0.25, 0.3) is 0 Å². The molecule has 0 saturated carbocycles. The van der Waals surface area contributed by atoms with E-state index in [1.54, 1.807) is 0 Å². The Balaban J connectivity index is 1.83. The summed E-state index contributed by atoms with van der Waals surface area (Å²) < 4.78 is 5.72. The molecule has 0 aromatic heterocycles. The van der Waals surface area contributed by atoms with Gasteiger partial charge in [0.2, 0.25) is 5.91 Å². The summed E-state index contributed by atoms with van der Waals surface area (Å²) >= 11 is 0. The first-order chi connectivity index (χ1) is 10.7. The molecule has 0 fully saturated rings. The average Bonchev–Trinajstić information content (AvgIpc) is 2.54. The van der Waals surface area contributed by atoms with E-state index in [4.69, 9.17) is 9.84 Å². The van der Waals surface area contributed by atoms with Gasteiger partial charge in [0.05, 0.1) is 13.0 Å². The maximum absolute atomic E-state index is 11.5. The van der Waals surface area contributed by atoms with Gasteiger partial charge in [-0.2, -0.15) is 0 Å². The molecule has 0 atom stereocenters. The zero-order chi connectivity index (χ0) is 15.8. The number of hydrogen-bond acceptors (Lipinski definition) is 3. The summed E-state index contributed by atoms with van der Waals surface area (Å²) in [4.78, 5) is 11.5. The van der Waals surface area contributed by atoms with Gasteiger partial charge in [-0.25, -0.2) is 0 Å². The average molecular weight is 299 g/mol. The van der Waals surface area contributed by atoms with E-state index < -0.39 is 0 Å².